The molecule has 108 valence electrons. The highest BCUT2D eigenvalue weighted by atomic mass is 32.2. The zero-order chi connectivity index (χ0) is 14.4. The van der Waals surface area contributed by atoms with Crippen LogP contribution in [0.1, 0.15) is 16.1 Å². The second-order valence-corrected chi connectivity index (χ2v) is 6.44. The van der Waals surface area contributed by atoms with E-state index in [-0.39, 0.29) is 12.5 Å². The number of amides is 1. The van der Waals surface area contributed by atoms with E-state index in [0.717, 1.165) is 28.0 Å². The quantitative estimate of drug-likeness (QED) is 0.678. The number of thiophene rings is 1. The molecule has 0 aliphatic rings. The summed E-state index contributed by atoms with van der Waals surface area (Å²) in [5.74, 6) is 1.60. The van der Waals surface area contributed by atoms with Gasteiger partial charge in [0.2, 0.25) is 0 Å². The third-order valence-corrected chi connectivity index (χ3v) is 4.94. The fraction of sp³-hybridized carbons (Fsp3) is 0.385. The third kappa shape index (κ3) is 3.62. The van der Waals surface area contributed by atoms with Gasteiger partial charge in [0.1, 0.15) is 4.88 Å². The summed E-state index contributed by atoms with van der Waals surface area (Å²) in [7, 11) is 0. The van der Waals surface area contributed by atoms with E-state index in [0.29, 0.717) is 17.1 Å². The Balaban J connectivity index is 1.89. The molecule has 0 aliphatic heterocycles. The van der Waals surface area contributed by atoms with Crippen molar-refractivity contribution in [1.82, 2.24) is 10.3 Å². The molecule has 2 heterocycles. The van der Waals surface area contributed by atoms with Crippen LogP contribution in [-0.2, 0) is 0 Å². The number of nitrogens with zero attached hydrogens (tertiary/aromatic N) is 1. The minimum Gasteiger partial charge on any atom is -0.397 e. The van der Waals surface area contributed by atoms with Crippen LogP contribution in [0.2, 0.25) is 0 Å². The van der Waals surface area contributed by atoms with Crippen LogP contribution in [0.25, 0.3) is 10.1 Å². The van der Waals surface area contributed by atoms with Crippen LogP contribution in [0.3, 0.4) is 0 Å². The van der Waals surface area contributed by atoms with Gasteiger partial charge in [0.05, 0.1) is 10.4 Å². The average molecular weight is 311 g/mol. The molecule has 0 saturated carbocycles. The maximum atomic E-state index is 12.1. The standard InChI is InChI=1S/C13H17N3O2S2/c14-11-9-2-3-15-8-10(9)20-12(11)13(18)16-4-7-19-6-1-5-17/h2-3,8,17H,1,4-7,14H2,(H,16,18). The Labute approximate surface area is 125 Å². The first kappa shape index (κ1) is 15.1. The molecule has 0 fully saturated rings. The molecule has 20 heavy (non-hydrogen) atoms. The van der Waals surface area contributed by atoms with E-state index in [9.17, 15) is 4.79 Å². The van der Waals surface area contributed by atoms with Gasteiger partial charge in [0, 0.05) is 36.7 Å². The van der Waals surface area contributed by atoms with E-state index in [1.807, 2.05) is 6.07 Å². The van der Waals surface area contributed by atoms with Crippen molar-refractivity contribution in [3.05, 3.63) is 23.3 Å². The molecule has 7 heteroatoms. The molecule has 1 amide bonds. The Hall–Kier alpha value is -1.31. The van der Waals surface area contributed by atoms with E-state index in [1.165, 1.54) is 11.3 Å². The van der Waals surface area contributed by atoms with Crippen molar-refractivity contribution in [2.24, 2.45) is 0 Å². The van der Waals surface area contributed by atoms with E-state index in [2.05, 4.69) is 10.3 Å². The topological polar surface area (TPSA) is 88.2 Å². The molecule has 2 rings (SSSR count). The van der Waals surface area contributed by atoms with E-state index in [1.54, 1.807) is 24.2 Å². The molecule has 0 radical (unpaired) electrons. The Morgan fingerprint density at radius 1 is 1.50 bits per heavy atom. The highest BCUT2D eigenvalue weighted by Crippen LogP contribution is 2.32. The highest BCUT2D eigenvalue weighted by molar-refractivity contribution is 7.99. The number of hydrogen-bond acceptors (Lipinski definition) is 6. The summed E-state index contributed by atoms with van der Waals surface area (Å²) < 4.78 is 0.924. The van der Waals surface area contributed by atoms with Gasteiger partial charge in [-0.25, -0.2) is 0 Å². The minimum atomic E-state index is -0.133. The maximum absolute atomic E-state index is 12.1. The van der Waals surface area contributed by atoms with Crippen LogP contribution in [0.4, 0.5) is 5.69 Å². The number of nitrogens with one attached hydrogen (secondary N) is 1. The van der Waals surface area contributed by atoms with E-state index in [4.69, 9.17) is 10.8 Å². The predicted molar refractivity (Wildman–Crippen MR) is 85.4 cm³/mol. The molecular weight excluding hydrogens is 294 g/mol. The van der Waals surface area contributed by atoms with Gasteiger partial charge >= 0.3 is 0 Å². The molecule has 0 unspecified atom stereocenters. The Kier molecular flexibility index (Phi) is 5.63. The smallest absolute Gasteiger partial charge is 0.263 e. The summed E-state index contributed by atoms with van der Waals surface area (Å²) in [5, 5.41) is 12.4. The molecule has 0 aliphatic carbocycles. The summed E-state index contributed by atoms with van der Waals surface area (Å²) in [5.41, 5.74) is 6.52. The lowest BCUT2D eigenvalue weighted by atomic mass is 10.2. The van der Waals surface area contributed by atoms with Gasteiger partial charge in [0.15, 0.2) is 0 Å². The number of fused-ring (bicyclic) bond motifs is 1. The monoisotopic (exact) mass is 311 g/mol. The average Bonchev–Trinajstić information content (AvgIpc) is 2.80. The number of nitrogens with two attached hydrogens (primary N) is 1. The first-order chi connectivity index (χ1) is 9.74. The second-order valence-electron chi connectivity index (χ2n) is 4.16. The largest absolute Gasteiger partial charge is 0.397 e. The molecule has 2 aromatic rings. The summed E-state index contributed by atoms with van der Waals surface area (Å²) in [6.07, 6.45) is 4.18. The lowest BCUT2D eigenvalue weighted by Gasteiger charge is -2.04. The molecule has 0 aromatic carbocycles. The number of anilines is 1. The number of carbonyl (C=O) groups excluding carboxylic acids is 1. The van der Waals surface area contributed by atoms with Gasteiger partial charge in [-0.3, -0.25) is 9.78 Å². The predicted octanol–water partition coefficient (Wildman–Crippen LogP) is 1.72. The van der Waals surface area contributed by atoms with Crippen molar-refractivity contribution in [2.45, 2.75) is 6.42 Å². The molecule has 0 atom stereocenters. The number of thioether (sulfide) groups is 1. The van der Waals surface area contributed by atoms with Crippen LogP contribution >= 0.6 is 23.1 Å². The number of aliphatic hydroxyl groups excluding tert-OH is 1. The summed E-state index contributed by atoms with van der Waals surface area (Å²) in [6.45, 7) is 0.812. The van der Waals surface area contributed by atoms with Gasteiger partial charge in [-0.2, -0.15) is 11.8 Å². The highest BCUT2D eigenvalue weighted by Gasteiger charge is 2.15. The van der Waals surface area contributed by atoms with E-state index >= 15 is 0 Å². The zero-order valence-electron chi connectivity index (χ0n) is 11.0. The Bertz CT molecular complexity index is 586. The van der Waals surface area contributed by atoms with Crippen LogP contribution in [0, 0.1) is 0 Å². The number of pyridine rings is 1. The molecule has 0 spiro atoms. The zero-order valence-corrected chi connectivity index (χ0v) is 12.6. The number of aromatic nitrogens is 1. The third-order valence-electron chi connectivity index (χ3n) is 2.72. The van der Waals surface area contributed by atoms with Crippen LogP contribution < -0.4 is 11.1 Å². The van der Waals surface area contributed by atoms with Crippen molar-refractivity contribution in [2.75, 3.05) is 30.4 Å². The fourth-order valence-corrected chi connectivity index (χ4v) is 3.52. The molecule has 0 saturated heterocycles. The molecule has 5 nitrogen and oxygen atoms in total. The van der Waals surface area contributed by atoms with Crippen molar-refractivity contribution >= 4 is 44.8 Å². The van der Waals surface area contributed by atoms with Crippen LogP contribution in [0.15, 0.2) is 18.5 Å². The molecule has 4 N–H and O–H groups in total. The minimum absolute atomic E-state index is 0.133. The van der Waals surface area contributed by atoms with Gasteiger partial charge in [-0.15, -0.1) is 11.3 Å². The van der Waals surface area contributed by atoms with Gasteiger partial charge in [0.25, 0.3) is 5.91 Å². The summed E-state index contributed by atoms with van der Waals surface area (Å²) in [4.78, 5) is 16.7. The molecule has 2 aromatic heterocycles. The van der Waals surface area contributed by atoms with Crippen molar-refractivity contribution in [1.29, 1.82) is 0 Å². The first-order valence-electron chi connectivity index (χ1n) is 6.33. The molecule has 0 bridgehead atoms. The summed E-state index contributed by atoms with van der Waals surface area (Å²) in [6, 6.07) is 1.82. The number of hydrogen-bond donors (Lipinski definition) is 3. The van der Waals surface area contributed by atoms with Crippen molar-refractivity contribution < 1.29 is 9.90 Å². The first-order valence-corrected chi connectivity index (χ1v) is 8.30. The lowest BCUT2D eigenvalue weighted by molar-refractivity contribution is 0.0961. The van der Waals surface area contributed by atoms with Crippen LogP contribution in [0.5, 0.6) is 0 Å². The second kappa shape index (κ2) is 7.47. The van der Waals surface area contributed by atoms with Crippen molar-refractivity contribution in [3.63, 3.8) is 0 Å². The van der Waals surface area contributed by atoms with Gasteiger partial charge in [-0.05, 0) is 18.2 Å². The van der Waals surface area contributed by atoms with Crippen molar-refractivity contribution in [3.8, 4) is 0 Å². The number of aliphatic hydroxyl groups is 1. The Morgan fingerprint density at radius 2 is 2.35 bits per heavy atom. The Morgan fingerprint density at radius 3 is 3.10 bits per heavy atom. The molecular formula is C13H17N3O2S2. The van der Waals surface area contributed by atoms with Gasteiger partial charge < -0.3 is 16.2 Å². The fourth-order valence-electron chi connectivity index (χ4n) is 1.73. The lowest BCUT2D eigenvalue weighted by Crippen LogP contribution is -2.25. The maximum Gasteiger partial charge on any atom is 0.263 e. The summed E-state index contributed by atoms with van der Waals surface area (Å²) >= 11 is 3.08. The SMILES string of the molecule is Nc1c(C(=O)NCCSCCCO)sc2cnccc12. The normalized spacial score (nSPS) is 10.8. The van der Waals surface area contributed by atoms with Crippen LogP contribution in [-0.4, -0.2) is 40.7 Å². The number of rotatable bonds is 7. The number of nitrogen functional groups attached to an aromatic ring is 1. The van der Waals surface area contributed by atoms with Gasteiger partial charge in [-0.1, -0.05) is 0 Å². The number of carbonyl (C=O) groups is 1. The van der Waals surface area contributed by atoms with E-state index < -0.39 is 0 Å².